The summed E-state index contributed by atoms with van der Waals surface area (Å²) in [6.07, 6.45) is 1.23. The summed E-state index contributed by atoms with van der Waals surface area (Å²) < 4.78 is 10.9. The standard InChI is InChI=1S/C15H18N2O3/c1-9(2)15-16-14(17-20-15)8-19-13-5-3-4-10-11(13)6-7-12(10)18/h3-5,9,12,18H,6-8H2,1-2H3. The van der Waals surface area contributed by atoms with Crippen molar-refractivity contribution in [2.75, 3.05) is 0 Å². The summed E-state index contributed by atoms with van der Waals surface area (Å²) in [5, 5.41) is 13.8. The van der Waals surface area contributed by atoms with Gasteiger partial charge in [-0.2, -0.15) is 4.98 Å². The van der Waals surface area contributed by atoms with E-state index in [0.717, 1.165) is 29.7 Å². The zero-order valence-electron chi connectivity index (χ0n) is 11.7. The van der Waals surface area contributed by atoms with Gasteiger partial charge in [-0.3, -0.25) is 0 Å². The number of aromatic nitrogens is 2. The van der Waals surface area contributed by atoms with Gasteiger partial charge in [0, 0.05) is 11.5 Å². The summed E-state index contributed by atoms with van der Waals surface area (Å²) in [7, 11) is 0. The lowest BCUT2D eigenvalue weighted by molar-refractivity contribution is 0.180. The van der Waals surface area contributed by atoms with E-state index < -0.39 is 0 Å². The van der Waals surface area contributed by atoms with Crippen LogP contribution in [0.25, 0.3) is 0 Å². The minimum absolute atomic E-state index is 0.215. The van der Waals surface area contributed by atoms with Crippen LogP contribution in [-0.2, 0) is 13.0 Å². The smallest absolute Gasteiger partial charge is 0.229 e. The Morgan fingerprint density at radius 1 is 1.45 bits per heavy atom. The normalized spacial score (nSPS) is 17.5. The van der Waals surface area contributed by atoms with E-state index >= 15 is 0 Å². The molecule has 0 aliphatic heterocycles. The van der Waals surface area contributed by atoms with Crippen molar-refractivity contribution in [3.8, 4) is 5.75 Å². The predicted octanol–water partition coefficient (Wildman–Crippen LogP) is 2.75. The van der Waals surface area contributed by atoms with E-state index in [1.54, 1.807) is 0 Å². The summed E-state index contributed by atoms with van der Waals surface area (Å²) in [5.74, 6) is 2.18. The Morgan fingerprint density at radius 2 is 2.30 bits per heavy atom. The van der Waals surface area contributed by atoms with Crippen molar-refractivity contribution in [1.29, 1.82) is 0 Å². The zero-order chi connectivity index (χ0) is 14.1. The molecule has 2 aromatic rings. The molecule has 20 heavy (non-hydrogen) atoms. The van der Waals surface area contributed by atoms with Crippen LogP contribution in [-0.4, -0.2) is 15.2 Å². The van der Waals surface area contributed by atoms with Crippen LogP contribution in [0.2, 0.25) is 0 Å². The summed E-state index contributed by atoms with van der Waals surface area (Å²) in [4.78, 5) is 4.28. The molecule has 0 spiro atoms. The first kappa shape index (κ1) is 13.1. The van der Waals surface area contributed by atoms with Gasteiger partial charge in [-0.25, -0.2) is 0 Å². The fourth-order valence-corrected chi connectivity index (χ4v) is 2.44. The lowest BCUT2D eigenvalue weighted by atomic mass is 10.1. The Morgan fingerprint density at radius 3 is 3.05 bits per heavy atom. The Labute approximate surface area is 117 Å². The van der Waals surface area contributed by atoms with Gasteiger partial charge in [0.05, 0.1) is 6.10 Å². The van der Waals surface area contributed by atoms with E-state index in [1.807, 2.05) is 32.0 Å². The number of fused-ring (bicyclic) bond motifs is 1. The van der Waals surface area contributed by atoms with Gasteiger partial charge in [0.15, 0.2) is 6.61 Å². The van der Waals surface area contributed by atoms with E-state index in [2.05, 4.69) is 10.1 Å². The number of rotatable bonds is 4. The van der Waals surface area contributed by atoms with Gasteiger partial charge in [0.1, 0.15) is 5.75 Å². The molecule has 1 atom stereocenters. The number of aliphatic hydroxyl groups excluding tert-OH is 1. The number of hydrogen-bond donors (Lipinski definition) is 1. The van der Waals surface area contributed by atoms with Crippen molar-refractivity contribution in [1.82, 2.24) is 10.1 Å². The molecule has 0 radical (unpaired) electrons. The number of ether oxygens (including phenoxy) is 1. The van der Waals surface area contributed by atoms with Crippen molar-refractivity contribution < 1.29 is 14.4 Å². The molecule has 1 aliphatic rings. The molecule has 1 aromatic heterocycles. The van der Waals surface area contributed by atoms with Crippen molar-refractivity contribution in [2.24, 2.45) is 0 Å². The Kier molecular flexibility index (Phi) is 3.44. The third kappa shape index (κ3) is 2.41. The van der Waals surface area contributed by atoms with Crippen molar-refractivity contribution in [2.45, 2.75) is 45.3 Å². The van der Waals surface area contributed by atoms with Gasteiger partial charge >= 0.3 is 0 Å². The van der Waals surface area contributed by atoms with Crippen LogP contribution in [0.5, 0.6) is 5.75 Å². The van der Waals surface area contributed by atoms with Crippen molar-refractivity contribution in [3.63, 3.8) is 0 Å². The fourth-order valence-electron chi connectivity index (χ4n) is 2.44. The SMILES string of the molecule is CC(C)c1nc(COc2cccc3c2CCC3O)no1. The Balaban J connectivity index is 1.73. The van der Waals surface area contributed by atoms with E-state index in [0.29, 0.717) is 11.7 Å². The summed E-state index contributed by atoms with van der Waals surface area (Å²) in [6.45, 7) is 4.29. The molecule has 1 heterocycles. The number of benzene rings is 1. The maximum absolute atomic E-state index is 9.86. The van der Waals surface area contributed by atoms with Crippen LogP contribution in [0.4, 0.5) is 0 Å². The minimum Gasteiger partial charge on any atom is -0.485 e. The molecule has 0 fully saturated rings. The van der Waals surface area contributed by atoms with Gasteiger partial charge in [-0.15, -0.1) is 0 Å². The number of hydrogen-bond acceptors (Lipinski definition) is 5. The van der Waals surface area contributed by atoms with E-state index in [4.69, 9.17) is 9.26 Å². The molecule has 1 unspecified atom stereocenters. The molecule has 0 bridgehead atoms. The third-order valence-corrected chi connectivity index (χ3v) is 3.53. The lowest BCUT2D eigenvalue weighted by Crippen LogP contribution is -2.01. The maximum Gasteiger partial charge on any atom is 0.229 e. The molecule has 1 N–H and O–H groups in total. The first-order valence-corrected chi connectivity index (χ1v) is 6.90. The average Bonchev–Trinajstić information content (AvgIpc) is 3.04. The maximum atomic E-state index is 9.86. The minimum atomic E-state index is -0.369. The molecular formula is C15H18N2O3. The van der Waals surface area contributed by atoms with Gasteiger partial charge in [-0.1, -0.05) is 31.1 Å². The van der Waals surface area contributed by atoms with Crippen molar-refractivity contribution in [3.05, 3.63) is 41.0 Å². The fraction of sp³-hybridized carbons (Fsp3) is 0.467. The highest BCUT2D eigenvalue weighted by Gasteiger charge is 2.23. The summed E-state index contributed by atoms with van der Waals surface area (Å²) in [6, 6.07) is 5.77. The highest BCUT2D eigenvalue weighted by molar-refractivity contribution is 5.44. The van der Waals surface area contributed by atoms with Crippen LogP contribution in [0.15, 0.2) is 22.7 Å². The van der Waals surface area contributed by atoms with E-state index in [9.17, 15) is 5.11 Å². The molecular weight excluding hydrogens is 256 g/mol. The summed E-state index contributed by atoms with van der Waals surface area (Å²) >= 11 is 0. The van der Waals surface area contributed by atoms with Crippen molar-refractivity contribution >= 4 is 0 Å². The molecule has 106 valence electrons. The molecule has 5 nitrogen and oxygen atoms in total. The monoisotopic (exact) mass is 274 g/mol. The second-order valence-corrected chi connectivity index (χ2v) is 5.37. The molecule has 0 amide bonds. The first-order chi connectivity index (χ1) is 9.65. The topological polar surface area (TPSA) is 68.4 Å². The molecule has 1 aromatic carbocycles. The van der Waals surface area contributed by atoms with Gasteiger partial charge < -0.3 is 14.4 Å². The number of aliphatic hydroxyl groups is 1. The second kappa shape index (κ2) is 5.25. The Hall–Kier alpha value is -1.88. The predicted molar refractivity (Wildman–Crippen MR) is 72.4 cm³/mol. The van der Waals surface area contributed by atoms with Crippen LogP contribution in [0.3, 0.4) is 0 Å². The van der Waals surface area contributed by atoms with Crippen LogP contribution >= 0.6 is 0 Å². The molecule has 3 rings (SSSR count). The Bertz CT molecular complexity index is 607. The van der Waals surface area contributed by atoms with Crippen LogP contribution < -0.4 is 4.74 Å². The second-order valence-electron chi connectivity index (χ2n) is 5.37. The largest absolute Gasteiger partial charge is 0.485 e. The molecule has 1 aliphatic carbocycles. The lowest BCUT2D eigenvalue weighted by Gasteiger charge is -2.09. The van der Waals surface area contributed by atoms with E-state index in [-0.39, 0.29) is 18.6 Å². The molecule has 0 saturated carbocycles. The van der Waals surface area contributed by atoms with Gasteiger partial charge in [-0.05, 0) is 24.5 Å². The molecule has 5 heteroatoms. The van der Waals surface area contributed by atoms with E-state index in [1.165, 1.54) is 0 Å². The highest BCUT2D eigenvalue weighted by Crippen LogP contribution is 2.36. The van der Waals surface area contributed by atoms with Crippen LogP contribution in [0, 0.1) is 0 Å². The average molecular weight is 274 g/mol. The third-order valence-electron chi connectivity index (χ3n) is 3.53. The van der Waals surface area contributed by atoms with Crippen LogP contribution in [0.1, 0.15) is 55.1 Å². The zero-order valence-corrected chi connectivity index (χ0v) is 11.7. The quantitative estimate of drug-likeness (QED) is 0.928. The highest BCUT2D eigenvalue weighted by atomic mass is 16.5. The first-order valence-electron chi connectivity index (χ1n) is 6.90. The van der Waals surface area contributed by atoms with Gasteiger partial charge in [0.25, 0.3) is 0 Å². The number of nitrogens with zero attached hydrogens (tertiary/aromatic N) is 2. The van der Waals surface area contributed by atoms with Gasteiger partial charge in [0.2, 0.25) is 11.7 Å². The molecule has 0 saturated heterocycles. The summed E-state index contributed by atoms with van der Waals surface area (Å²) in [5.41, 5.74) is 2.06.